The first-order valence-electron chi connectivity index (χ1n) is 5.27. The van der Waals surface area contributed by atoms with Crippen molar-refractivity contribution in [2.24, 2.45) is 0 Å². The molecule has 0 heterocycles. The molecule has 0 bridgehead atoms. The Morgan fingerprint density at radius 2 is 1.80 bits per heavy atom. The Bertz CT molecular complexity index is 301. The van der Waals surface area contributed by atoms with Gasteiger partial charge in [-0.2, -0.15) is 0 Å². The van der Waals surface area contributed by atoms with Crippen LogP contribution in [0.1, 0.15) is 20.8 Å². The molecule has 3 heteroatoms. The minimum absolute atomic E-state index is 0.294. The summed E-state index contributed by atoms with van der Waals surface area (Å²) in [6, 6.07) is 11.4. The molecule has 84 valence electrons. The van der Waals surface area contributed by atoms with Crippen LogP contribution in [-0.2, 0) is 4.43 Å². The molecule has 0 radical (unpaired) electrons. The van der Waals surface area contributed by atoms with E-state index in [0.29, 0.717) is 0 Å². The van der Waals surface area contributed by atoms with E-state index in [-0.39, 0.29) is 4.50 Å². The number of rotatable bonds is 4. The van der Waals surface area contributed by atoms with E-state index in [2.05, 4.69) is 32.9 Å². The highest BCUT2D eigenvalue weighted by Crippen LogP contribution is 2.30. The largest absolute Gasteiger partial charge is 0.414 e. The summed E-state index contributed by atoms with van der Waals surface area (Å²) in [7, 11) is -0.271. The molecule has 0 fully saturated rings. The van der Waals surface area contributed by atoms with Crippen LogP contribution >= 0.6 is 11.6 Å². The van der Waals surface area contributed by atoms with Gasteiger partial charge in [-0.3, -0.25) is 0 Å². The van der Waals surface area contributed by atoms with Crippen LogP contribution in [0.25, 0.3) is 0 Å². The zero-order valence-corrected chi connectivity index (χ0v) is 11.6. The lowest BCUT2D eigenvalue weighted by Crippen LogP contribution is -2.62. The van der Waals surface area contributed by atoms with Crippen LogP contribution in [-0.4, -0.2) is 19.9 Å². The van der Waals surface area contributed by atoms with Crippen LogP contribution in [0, 0.1) is 0 Å². The molecule has 1 aromatic rings. The van der Waals surface area contributed by atoms with Gasteiger partial charge in [0.1, 0.15) is 0 Å². The Morgan fingerprint density at radius 3 is 2.13 bits per heavy atom. The van der Waals surface area contributed by atoms with E-state index in [1.807, 2.05) is 18.2 Å². The summed E-state index contributed by atoms with van der Waals surface area (Å²) in [5.74, 6) is 0. The van der Waals surface area contributed by atoms with Gasteiger partial charge in [0.25, 0.3) is 0 Å². The van der Waals surface area contributed by atoms with Crippen molar-refractivity contribution in [3.05, 3.63) is 30.3 Å². The van der Waals surface area contributed by atoms with Crippen molar-refractivity contribution in [3.8, 4) is 0 Å². The highest BCUT2D eigenvalue weighted by Gasteiger charge is 2.47. The summed E-state index contributed by atoms with van der Waals surface area (Å²) in [6.45, 7) is 6.27. The van der Waals surface area contributed by atoms with Gasteiger partial charge in [-0.1, -0.05) is 37.3 Å². The van der Waals surface area contributed by atoms with E-state index < -0.39 is 8.32 Å². The van der Waals surface area contributed by atoms with Gasteiger partial charge < -0.3 is 4.43 Å². The van der Waals surface area contributed by atoms with E-state index in [9.17, 15) is 0 Å². The van der Waals surface area contributed by atoms with Gasteiger partial charge in [-0.05, 0) is 25.1 Å². The molecule has 0 spiro atoms. The second-order valence-electron chi connectivity index (χ2n) is 4.22. The maximum absolute atomic E-state index is 6.53. The van der Waals surface area contributed by atoms with Crippen molar-refractivity contribution in [2.75, 3.05) is 7.11 Å². The second kappa shape index (κ2) is 4.68. The molecule has 1 atom stereocenters. The molecule has 1 aromatic carbocycles. The van der Waals surface area contributed by atoms with Crippen molar-refractivity contribution in [1.29, 1.82) is 0 Å². The fourth-order valence-electron chi connectivity index (χ4n) is 2.18. The summed E-state index contributed by atoms with van der Waals surface area (Å²) in [6.07, 6.45) is 0. The van der Waals surface area contributed by atoms with E-state index in [4.69, 9.17) is 16.0 Å². The number of benzene rings is 1. The van der Waals surface area contributed by atoms with Gasteiger partial charge in [0.15, 0.2) is 0 Å². The lowest BCUT2D eigenvalue weighted by atomic mass is 10.4. The van der Waals surface area contributed by atoms with E-state index in [1.165, 1.54) is 5.19 Å². The van der Waals surface area contributed by atoms with E-state index in [1.54, 1.807) is 7.11 Å². The predicted molar refractivity (Wildman–Crippen MR) is 69.3 cm³/mol. The maximum atomic E-state index is 6.53. The van der Waals surface area contributed by atoms with Crippen LogP contribution in [0.2, 0.25) is 6.04 Å². The summed E-state index contributed by atoms with van der Waals surface area (Å²) in [5, 5.41) is 1.27. The lowest BCUT2D eigenvalue weighted by Gasteiger charge is -2.38. The van der Waals surface area contributed by atoms with Crippen molar-refractivity contribution < 1.29 is 4.43 Å². The first-order valence-corrected chi connectivity index (χ1v) is 7.77. The summed E-state index contributed by atoms with van der Waals surface area (Å²) >= 11 is 6.53. The highest BCUT2D eigenvalue weighted by molar-refractivity contribution is 6.94. The highest BCUT2D eigenvalue weighted by atomic mass is 35.5. The van der Waals surface area contributed by atoms with Gasteiger partial charge in [-0.25, -0.2) is 0 Å². The number of hydrogen-bond donors (Lipinski definition) is 0. The third-order valence-electron chi connectivity index (χ3n) is 3.05. The quantitative estimate of drug-likeness (QED) is 0.583. The Labute approximate surface area is 98.5 Å². The zero-order chi connectivity index (χ0) is 11.5. The normalized spacial score (nSPS) is 16.1. The van der Waals surface area contributed by atoms with Crippen LogP contribution in [0.15, 0.2) is 30.3 Å². The van der Waals surface area contributed by atoms with Crippen LogP contribution in [0.5, 0.6) is 0 Å². The monoisotopic (exact) mass is 242 g/mol. The Hall–Kier alpha value is -0.313. The van der Waals surface area contributed by atoms with Crippen LogP contribution < -0.4 is 5.19 Å². The Morgan fingerprint density at radius 1 is 1.27 bits per heavy atom. The molecule has 1 rings (SSSR count). The summed E-state index contributed by atoms with van der Waals surface area (Å²) in [5.41, 5.74) is 0. The van der Waals surface area contributed by atoms with Crippen LogP contribution in [0.4, 0.5) is 0 Å². The smallest absolute Gasteiger partial charge is 0.243 e. The molecule has 0 aliphatic rings. The molecule has 0 amide bonds. The van der Waals surface area contributed by atoms with Crippen molar-refractivity contribution in [3.63, 3.8) is 0 Å². The van der Waals surface area contributed by atoms with Crippen molar-refractivity contribution in [1.82, 2.24) is 0 Å². The second-order valence-corrected chi connectivity index (χ2v) is 10.1. The topological polar surface area (TPSA) is 9.23 Å². The predicted octanol–water partition coefficient (Wildman–Crippen LogP) is 3.06. The zero-order valence-electron chi connectivity index (χ0n) is 9.88. The molecule has 0 aromatic heterocycles. The third-order valence-corrected chi connectivity index (χ3v) is 8.84. The molecular weight excluding hydrogens is 224 g/mol. The minimum atomic E-state index is -2.06. The average Bonchev–Trinajstić information content (AvgIpc) is 2.20. The average molecular weight is 243 g/mol. The molecule has 0 saturated carbocycles. The SMILES string of the molecule is CC[Si](OC)(c1ccccc1)C(C)(C)Cl. The molecule has 1 unspecified atom stereocenters. The molecule has 0 aliphatic carbocycles. The molecular formula is C12H19ClOSi. The van der Waals surface area contributed by atoms with Crippen LogP contribution in [0.3, 0.4) is 0 Å². The molecule has 15 heavy (non-hydrogen) atoms. The fourth-order valence-corrected chi connectivity index (χ4v) is 6.82. The minimum Gasteiger partial charge on any atom is -0.414 e. The van der Waals surface area contributed by atoms with Gasteiger partial charge in [0, 0.05) is 7.11 Å². The number of halogens is 1. The van der Waals surface area contributed by atoms with Gasteiger partial charge >= 0.3 is 0 Å². The Balaban J connectivity index is 3.24. The van der Waals surface area contributed by atoms with E-state index in [0.717, 1.165) is 6.04 Å². The fraction of sp³-hybridized carbons (Fsp3) is 0.500. The first-order chi connectivity index (χ1) is 6.98. The first kappa shape index (κ1) is 12.8. The summed E-state index contributed by atoms with van der Waals surface area (Å²) in [4.78, 5) is 0. The van der Waals surface area contributed by atoms with E-state index >= 15 is 0 Å². The lowest BCUT2D eigenvalue weighted by molar-refractivity contribution is 0.390. The number of hydrogen-bond acceptors (Lipinski definition) is 1. The summed E-state index contributed by atoms with van der Waals surface area (Å²) < 4.78 is 5.55. The third kappa shape index (κ3) is 2.27. The molecule has 0 N–H and O–H groups in total. The Kier molecular flexibility index (Phi) is 3.98. The van der Waals surface area contributed by atoms with Gasteiger partial charge in [0.05, 0.1) is 4.50 Å². The van der Waals surface area contributed by atoms with Crippen molar-refractivity contribution in [2.45, 2.75) is 31.3 Å². The van der Waals surface area contributed by atoms with Gasteiger partial charge in [-0.15, -0.1) is 11.6 Å². The molecule has 0 aliphatic heterocycles. The number of alkyl halides is 1. The van der Waals surface area contributed by atoms with Crippen molar-refractivity contribution >= 4 is 25.1 Å². The molecule has 0 saturated heterocycles. The maximum Gasteiger partial charge on any atom is 0.243 e. The standard InChI is InChI=1S/C12H19ClOSi/c1-5-15(14-4,12(2,3)13)11-9-7-6-8-10-11/h6-10H,5H2,1-4H3. The molecule has 1 nitrogen and oxygen atoms in total. The van der Waals surface area contributed by atoms with Gasteiger partial charge in [0.2, 0.25) is 8.32 Å².